The lowest BCUT2D eigenvalue weighted by Crippen LogP contribution is -2.41. The van der Waals surface area contributed by atoms with Crippen LogP contribution in [0.25, 0.3) is 0 Å². The third-order valence-electron chi connectivity index (χ3n) is 2.82. The van der Waals surface area contributed by atoms with Gasteiger partial charge in [-0.1, -0.05) is 0 Å². The third kappa shape index (κ3) is 2.02. The number of H-pyrrole nitrogens is 1. The van der Waals surface area contributed by atoms with Gasteiger partial charge in [-0.3, -0.25) is 9.89 Å². The summed E-state index contributed by atoms with van der Waals surface area (Å²) in [6.45, 7) is 4.66. The van der Waals surface area contributed by atoms with Crippen LogP contribution in [0.1, 0.15) is 23.7 Å². The van der Waals surface area contributed by atoms with Crippen LogP contribution in [0.4, 0.5) is 0 Å². The van der Waals surface area contributed by atoms with Crippen molar-refractivity contribution in [3.05, 3.63) is 18.0 Å². The molecule has 1 aromatic rings. The van der Waals surface area contributed by atoms with Crippen molar-refractivity contribution in [2.24, 2.45) is 0 Å². The molecule has 2 heterocycles. The number of carbonyl (C=O) groups is 1. The lowest BCUT2D eigenvalue weighted by molar-refractivity contribution is 0.0704. The van der Waals surface area contributed by atoms with E-state index >= 15 is 0 Å². The summed E-state index contributed by atoms with van der Waals surface area (Å²) in [6, 6.07) is 0.331. The highest BCUT2D eigenvalue weighted by Crippen LogP contribution is 2.12. The molecule has 82 valence electrons. The van der Waals surface area contributed by atoms with E-state index in [1.165, 1.54) is 0 Å². The fourth-order valence-corrected chi connectivity index (χ4v) is 2.01. The number of nitrogens with one attached hydrogen (secondary N) is 2. The molecule has 5 heteroatoms. The number of carbonyl (C=O) groups excluding carboxylic acids is 1. The van der Waals surface area contributed by atoms with Crippen molar-refractivity contribution >= 4 is 5.91 Å². The average molecular weight is 208 g/mol. The Kier molecular flexibility index (Phi) is 3.01. The highest BCUT2D eigenvalue weighted by Gasteiger charge is 2.26. The van der Waals surface area contributed by atoms with E-state index in [-0.39, 0.29) is 5.91 Å². The van der Waals surface area contributed by atoms with Crippen LogP contribution >= 0.6 is 0 Å². The van der Waals surface area contributed by atoms with E-state index in [2.05, 4.69) is 15.5 Å². The van der Waals surface area contributed by atoms with Gasteiger partial charge in [0.15, 0.2) is 0 Å². The van der Waals surface area contributed by atoms with E-state index in [0.29, 0.717) is 11.6 Å². The smallest absolute Gasteiger partial charge is 0.257 e. The molecule has 1 saturated heterocycles. The lowest BCUT2D eigenvalue weighted by Gasteiger charge is -2.26. The molecule has 1 fully saturated rings. The summed E-state index contributed by atoms with van der Waals surface area (Å²) in [4.78, 5) is 14.0. The number of aromatic nitrogens is 2. The van der Waals surface area contributed by atoms with Gasteiger partial charge in [0.05, 0.1) is 11.8 Å². The molecular formula is C10H16N4O. The first-order valence-electron chi connectivity index (χ1n) is 5.33. The van der Waals surface area contributed by atoms with Gasteiger partial charge in [-0.2, -0.15) is 5.10 Å². The second-order valence-electron chi connectivity index (χ2n) is 3.72. The highest BCUT2D eigenvalue weighted by atomic mass is 16.2. The van der Waals surface area contributed by atoms with Gasteiger partial charge in [-0.15, -0.1) is 0 Å². The number of hydrogen-bond donors (Lipinski definition) is 2. The Labute approximate surface area is 88.8 Å². The van der Waals surface area contributed by atoms with Crippen LogP contribution in [-0.2, 0) is 0 Å². The first-order valence-corrected chi connectivity index (χ1v) is 5.33. The van der Waals surface area contributed by atoms with E-state index in [9.17, 15) is 4.79 Å². The molecule has 1 amide bonds. The predicted octanol–water partition coefficient (Wildman–Crippen LogP) is 0.234. The summed E-state index contributed by atoms with van der Waals surface area (Å²) in [5, 5.41) is 9.74. The largest absolute Gasteiger partial charge is 0.335 e. The summed E-state index contributed by atoms with van der Waals surface area (Å²) in [6.07, 6.45) is 4.26. The van der Waals surface area contributed by atoms with Crippen LogP contribution < -0.4 is 5.32 Å². The molecule has 0 bridgehead atoms. The zero-order valence-corrected chi connectivity index (χ0v) is 8.86. The molecule has 1 aliphatic rings. The van der Waals surface area contributed by atoms with Crippen LogP contribution in [0.3, 0.4) is 0 Å². The van der Waals surface area contributed by atoms with Crippen LogP contribution in [0.15, 0.2) is 12.4 Å². The number of hydrogen-bond acceptors (Lipinski definition) is 3. The predicted molar refractivity (Wildman–Crippen MR) is 56.6 cm³/mol. The second-order valence-corrected chi connectivity index (χ2v) is 3.72. The van der Waals surface area contributed by atoms with E-state index in [1.54, 1.807) is 12.4 Å². The van der Waals surface area contributed by atoms with Gasteiger partial charge in [0.1, 0.15) is 0 Å². The third-order valence-corrected chi connectivity index (χ3v) is 2.82. The van der Waals surface area contributed by atoms with Gasteiger partial charge in [0, 0.05) is 25.3 Å². The summed E-state index contributed by atoms with van der Waals surface area (Å²) in [5.74, 6) is 0.0694. The van der Waals surface area contributed by atoms with Crippen molar-refractivity contribution in [1.82, 2.24) is 20.4 Å². The Balaban J connectivity index is 2.09. The number of aromatic amines is 1. The molecule has 2 N–H and O–H groups in total. The van der Waals surface area contributed by atoms with Crippen LogP contribution in [0, 0.1) is 0 Å². The van der Waals surface area contributed by atoms with Gasteiger partial charge in [-0.25, -0.2) is 0 Å². The molecule has 0 spiro atoms. The van der Waals surface area contributed by atoms with Crippen molar-refractivity contribution < 1.29 is 4.79 Å². The van der Waals surface area contributed by atoms with Crippen LogP contribution in [0.2, 0.25) is 0 Å². The fraction of sp³-hybridized carbons (Fsp3) is 0.600. The highest BCUT2D eigenvalue weighted by molar-refractivity contribution is 5.93. The van der Waals surface area contributed by atoms with E-state index < -0.39 is 0 Å². The van der Waals surface area contributed by atoms with Crippen molar-refractivity contribution in [3.63, 3.8) is 0 Å². The average Bonchev–Trinajstić information content (AvgIpc) is 2.91. The molecule has 0 radical (unpaired) electrons. The van der Waals surface area contributed by atoms with Crippen molar-refractivity contribution in [1.29, 1.82) is 0 Å². The number of likely N-dealkylation sites (N-methyl/N-ethyl adjacent to an activating group) is 1. The first-order chi connectivity index (χ1) is 7.33. The molecule has 1 aliphatic heterocycles. The minimum atomic E-state index is 0.0694. The SMILES string of the molecule is CCN(C(=O)c1cn[nH]c1)C1CCNC1. The molecular weight excluding hydrogens is 192 g/mol. The zero-order valence-electron chi connectivity index (χ0n) is 8.86. The number of nitrogens with zero attached hydrogens (tertiary/aromatic N) is 2. The lowest BCUT2D eigenvalue weighted by atomic mass is 10.2. The number of rotatable bonds is 3. The van der Waals surface area contributed by atoms with Gasteiger partial charge in [-0.05, 0) is 19.9 Å². The van der Waals surface area contributed by atoms with Crippen molar-refractivity contribution in [2.45, 2.75) is 19.4 Å². The quantitative estimate of drug-likeness (QED) is 0.747. The Morgan fingerprint density at radius 2 is 2.60 bits per heavy atom. The Hall–Kier alpha value is -1.36. The molecule has 1 unspecified atom stereocenters. The summed E-state index contributed by atoms with van der Waals surface area (Å²) in [7, 11) is 0. The molecule has 5 nitrogen and oxygen atoms in total. The molecule has 1 aromatic heterocycles. The molecule has 2 rings (SSSR count). The maximum absolute atomic E-state index is 12.1. The van der Waals surface area contributed by atoms with Gasteiger partial charge >= 0.3 is 0 Å². The van der Waals surface area contributed by atoms with E-state index in [0.717, 1.165) is 26.1 Å². The minimum absolute atomic E-state index is 0.0694. The Morgan fingerprint density at radius 1 is 1.73 bits per heavy atom. The normalized spacial score (nSPS) is 20.5. The second kappa shape index (κ2) is 4.44. The summed E-state index contributed by atoms with van der Waals surface area (Å²) in [5.41, 5.74) is 0.642. The van der Waals surface area contributed by atoms with Gasteiger partial charge in [0.25, 0.3) is 5.91 Å². The summed E-state index contributed by atoms with van der Waals surface area (Å²) < 4.78 is 0. The summed E-state index contributed by atoms with van der Waals surface area (Å²) >= 11 is 0. The molecule has 0 aliphatic carbocycles. The van der Waals surface area contributed by atoms with E-state index in [4.69, 9.17) is 0 Å². The van der Waals surface area contributed by atoms with Crippen LogP contribution in [-0.4, -0.2) is 46.7 Å². The first kappa shape index (κ1) is 10.2. The fourth-order valence-electron chi connectivity index (χ4n) is 2.01. The maximum Gasteiger partial charge on any atom is 0.257 e. The Bertz CT molecular complexity index is 316. The van der Waals surface area contributed by atoms with Gasteiger partial charge in [0.2, 0.25) is 0 Å². The molecule has 0 aromatic carbocycles. The standard InChI is InChI=1S/C10H16N4O/c1-2-14(9-3-4-11-7-9)10(15)8-5-12-13-6-8/h5-6,9,11H,2-4,7H2,1H3,(H,12,13). The monoisotopic (exact) mass is 208 g/mol. The molecule has 15 heavy (non-hydrogen) atoms. The molecule has 1 atom stereocenters. The van der Waals surface area contributed by atoms with Crippen molar-refractivity contribution in [3.8, 4) is 0 Å². The number of amides is 1. The van der Waals surface area contributed by atoms with Gasteiger partial charge < -0.3 is 10.2 Å². The van der Waals surface area contributed by atoms with Crippen LogP contribution in [0.5, 0.6) is 0 Å². The topological polar surface area (TPSA) is 61.0 Å². The zero-order chi connectivity index (χ0) is 10.7. The minimum Gasteiger partial charge on any atom is -0.335 e. The molecule has 0 saturated carbocycles. The van der Waals surface area contributed by atoms with Crippen molar-refractivity contribution in [2.75, 3.05) is 19.6 Å². The van der Waals surface area contributed by atoms with E-state index in [1.807, 2.05) is 11.8 Å². The Morgan fingerprint density at radius 3 is 3.13 bits per heavy atom. The maximum atomic E-state index is 12.1.